The number of rotatable bonds is 2. The van der Waals surface area contributed by atoms with Crippen LogP contribution in [0.4, 0.5) is 5.82 Å². The molecule has 1 aliphatic heterocycles. The summed E-state index contributed by atoms with van der Waals surface area (Å²) in [5, 5.41) is 5.61. The quantitative estimate of drug-likeness (QED) is 0.862. The van der Waals surface area contributed by atoms with Crippen LogP contribution in [-0.4, -0.2) is 22.1 Å². The Morgan fingerprint density at radius 1 is 1.14 bits per heavy atom. The fourth-order valence-electron chi connectivity index (χ4n) is 2.94. The summed E-state index contributed by atoms with van der Waals surface area (Å²) in [5.41, 5.74) is 7.96. The van der Waals surface area contributed by atoms with E-state index in [4.69, 9.17) is 5.73 Å². The minimum absolute atomic E-state index is 0.0340. The van der Waals surface area contributed by atoms with Crippen LogP contribution < -0.4 is 11.0 Å². The molecule has 5 heteroatoms. The van der Waals surface area contributed by atoms with Crippen LogP contribution in [0.5, 0.6) is 0 Å². The van der Waals surface area contributed by atoms with Gasteiger partial charge < -0.3 is 10.3 Å². The van der Waals surface area contributed by atoms with E-state index in [1.54, 1.807) is 4.68 Å². The van der Waals surface area contributed by atoms with Crippen LogP contribution in [0.2, 0.25) is 0 Å². The lowest BCUT2D eigenvalue weighted by molar-refractivity contribution is 0.560. The Hall–Kier alpha value is -1.54. The molecule has 0 unspecified atom stereocenters. The molecule has 0 aliphatic carbocycles. The van der Waals surface area contributed by atoms with Crippen molar-refractivity contribution in [1.29, 1.82) is 0 Å². The van der Waals surface area contributed by atoms with E-state index in [2.05, 4.69) is 25.9 Å². The lowest BCUT2D eigenvalue weighted by atomic mass is 9.92. The molecule has 2 N–H and O–H groups in total. The van der Waals surface area contributed by atoms with Gasteiger partial charge in [-0.05, 0) is 37.1 Å². The van der Waals surface area contributed by atoms with Crippen molar-refractivity contribution in [3.63, 3.8) is 0 Å². The fourth-order valence-corrected chi connectivity index (χ4v) is 5.84. The number of aromatic nitrogens is 2. The van der Waals surface area contributed by atoms with Gasteiger partial charge in [-0.15, -0.1) is 0 Å². The molecule has 118 valence electrons. The average Bonchev–Trinajstić information content (AvgIpc) is 3.06. The Morgan fingerprint density at radius 3 is 2.23 bits per heavy atom. The number of nitrogens with zero attached hydrogens (tertiary/aromatic N) is 2. The first-order valence-electron chi connectivity index (χ1n) is 7.85. The largest absolute Gasteiger partial charge is 0.384 e. The Bertz CT molecular complexity index is 715. The van der Waals surface area contributed by atoms with Crippen LogP contribution in [0.15, 0.2) is 30.3 Å². The summed E-state index contributed by atoms with van der Waals surface area (Å²) in [5.74, 6) is 0.630. The van der Waals surface area contributed by atoms with E-state index in [1.807, 2.05) is 30.3 Å². The van der Waals surface area contributed by atoms with Crippen LogP contribution in [0.25, 0.3) is 5.69 Å². The number of hydrogen-bond acceptors (Lipinski definition) is 3. The molecule has 1 fully saturated rings. The van der Waals surface area contributed by atoms with Crippen LogP contribution in [0.1, 0.15) is 39.3 Å². The van der Waals surface area contributed by atoms with Gasteiger partial charge in [0.15, 0.2) is 0 Å². The molecule has 0 radical (unpaired) electrons. The Morgan fingerprint density at radius 2 is 1.73 bits per heavy atom. The molecule has 3 rings (SSSR count). The third-order valence-electron chi connectivity index (χ3n) is 4.36. The molecule has 0 saturated carbocycles. The van der Waals surface area contributed by atoms with Crippen LogP contribution >= 0.6 is 7.14 Å². The topological polar surface area (TPSA) is 60.9 Å². The molecule has 1 aromatic carbocycles. The summed E-state index contributed by atoms with van der Waals surface area (Å²) >= 11 is 0. The molecule has 0 amide bonds. The van der Waals surface area contributed by atoms with E-state index in [0.29, 0.717) is 5.82 Å². The standard InChI is InChI=1S/C17H24N3OP/c1-17(2,3)15-12-16(18)20(19-15)13-6-8-14(9-7-13)22(21)10-4-5-11-22/h6-9,12H,4-5,10-11,18H2,1-3H3. The number of hydrogen-bond donors (Lipinski definition) is 1. The van der Waals surface area contributed by atoms with Crippen molar-refractivity contribution in [2.24, 2.45) is 0 Å². The minimum atomic E-state index is -2.13. The highest BCUT2D eigenvalue weighted by atomic mass is 31.2. The predicted octanol–water partition coefficient (Wildman–Crippen LogP) is 3.53. The van der Waals surface area contributed by atoms with Gasteiger partial charge in [0.1, 0.15) is 13.0 Å². The summed E-state index contributed by atoms with van der Waals surface area (Å²) in [6.45, 7) is 6.36. The maximum atomic E-state index is 12.8. The summed E-state index contributed by atoms with van der Waals surface area (Å²) in [7, 11) is -2.13. The number of nitrogens with two attached hydrogens (primary N) is 1. The van der Waals surface area contributed by atoms with Crippen molar-refractivity contribution in [2.75, 3.05) is 18.1 Å². The van der Waals surface area contributed by atoms with Crippen LogP contribution in [-0.2, 0) is 9.98 Å². The SMILES string of the molecule is CC(C)(C)c1cc(N)n(-c2ccc(P3(=O)CCCC3)cc2)n1. The normalized spacial score (nSPS) is 17.8. The monoisotopic (exact) mass is 317 g/mol. The highest BCUT2D eigenvalue weighted by Crippen LogP contribution is 2.50. The van der Waals surface area contributed by atoms with Gasteiger partial charge in [-0.1, -0.05) is 20.8 Å². The number of benzene rings is 1. The zero-order chi connectivity index (χ0) is 16.0. The third-order valence-corrected chi connectivity index (χ3v) is 7.68. The molecule has 0 atom stereocenters. The smallest absolute Gasteiger partial charge is 0.127 e. The molecule has 4 nitrogen and oxygen atoms in total. The summed E-state index contributed by atoms with van der Waals surface area (Å²) in [4.78, 5) is 0. The van der Waals surface area contributed by atoms with Gasteiger partial charge in [0.2, 0.25) is 0 Å². The Labute approximate surface area is 132 Å². The maximum absolute atomic E-state index is 12.8. The van der Waals surface area contributed by atoms with Gasteiger partial charge in [0.25, 0.3) is 0 Å². The second-order valence-corrected chi connectivity index (χ2v) is 10.4. The zero-order valence-corrected chi connectivity index (χ0v) is 14.4. The first-order chi connectivity index (χ1) is 10.3. The van der Waals surface area contributed by atoms with Crippen molar-refractivity contribution in [3.05, 3.63) is 36.0 Å². The zero-order valence-electron chi connectivity index (χ0n) is 13.5. The molecule has 0 bridgehead atoms. The van der Waals surface area contributed by atoms with Gasteiger partial charge >= 0.3 is 0 Å². The lowest BCUT2D eigenvalue weighted by Crippen LogP contribution is -2.13. The van der Waals surface area contributed by atoms with Crippen molar-refractivity contribution < 1.29 is 4.57 Å². The second-order valence-electron chi connectivity index (χ2n) is 7.18. The molecular weight excluding hydrogens is 293 g/mol. The predicted molar refractivity (Wildman–Crippen MR) is 92.9 cm³/mol. The van der Waals surface area contributed by atoms with E-state index in [0.717, 1.165) is 41.9 Å². The van der Waals surface area contributed by atoms with Crippen LogP contribution in [0.3, 0.4) is 0 Å². The van der Waals surface area contributed by atoms with Crippen LogP contribution in [0, 0.1) is 0 Å². The summed E-state index contributed by atoms with van der Waals surface area (Å²) in [6.07, 6.45) is 3.87. The van der Waals surface area contributed by atoms with Gasteiger partial charge in [-0.25, -0.2) is 4.68 Å². The summed E-state index contributed by atoms with van der Waals surface area (Å²) < 4.78 is 14.6. The number of nitrogen functional groups attached to an aromatic ring is 1. The molecule has 2 heterocycles. The molecule has 1 saturated heterocycles. The highest BCUT2D eigenvalue weighted by molar-refractivity contribution is 7.71. The van der Waals surface area contributed by atoms with Gasteiger partial charge in [-0.2, -0.15) is 5.10 Å². The van der Waals surface area contributed by atoms with Crippen molar-refractivity contribution in [3.8, 4) is 5.69 Å². The molecule has 0 spiro atoms. The van der Waals surface area contributed by atoms with E-state index < -0.39 is 7.14 Å². The van der Waals surface area contributed by atoms with E-state index in [1.165, 1.54) is 0 Å². The van der Waals surface area contributed by atoms with Gasteiger partial charge in [-0.3, -0.25) is 0 Å². The first kappa shape index (κ1) is 15.4. The molecule has 1 aromatic heterocycles. The van der Waals surface area contributed by atoms with E-state index in [-0.39, 0.29) is 5.41 Å². The first-order valence-corrected chi connectivity index (χ1v) is 9.92. The maximum Gasteiger partial charge on any atom is 0.127 e. The van der Waals surface area contributed by atoms with Gasteiger partial charge in [0.05, 0.1) is 11.4 Å². The van der Waals surface area contributed by atoms with Gasteiger partial charge in [0, 0.05) is 29.1 Å². The molecule has 22 heavy (non-hydrogen) atoms. The summed E-state index contributed by atoms with van der Waals surface area (Å²) in [6, 6.07) is 9.85. The van der Waals surface area contributed by atoms with Crippen molar-refractivity contribution in [2.45, 2.75) is 39.0 Å². The Balaban J connectivity index is 1.94. The minimum Gasteiger partial charge on any atom is -0.384 e. The van der Waals surface area contributed by atoms with E-state index >= 15 is 0 Å². The van der Waals surface area contributed by atoms with E-state index in [9.17, 15) is 4.57 Å². The Kier molecular flexibility index (Phi) is 3.68. The average molecular weight is 317 g/mol. The second kappa shape index (κ2) is 5.27. The third kappa shape index (κ3) is 2.72. The molecular formula is C17H24N3OP. The highest BCUT2D eigenvalue weighted by Gasteiger charge is 2.28. The van der Waals surface area contributed by atoms with Crippen molar-refractivity contribution >= 4 is 18.3 Å². The number of anilines is 1. The lowest BCUT2D eigenvalue weighted by Gasteiger charge is -2.14. The fraction of sp³-hybridized carbons (Fsp3) is 0.471. The molecule has 1 aliphatic rings. The molecule has 2 aromatic rings. The van der Waals surface area contributed by atoms with Crippen molar-refractivity contribution in [1.82, 2.24) is 9.78 Å².